The molecule has 0 aliphatic carbocycles. The van der Waals surface area contributed by atoms with Crippen LogP contribution in [-0.4, -0.2) is 32.3 Å². The van der Waals surface area contributed by atoms with Gasteiger partial charge in [0.15, 0.2) is 11.5 Å². The van der Waals surface area contributed by atoms with Gasteiger partial charge in [0, 0.05) is 28.8 Å². The summed E-state index contributed by atoms with van der Waals surface area (Å²) in [4.78, 5) is 12.4. The Morgan fingerprint density at radius 1 is 1.28 bits per heavy atom. The zero-order valence-electron chi connectivity index (χ0n) is 17.3. The van der Waals surface area contributed by atoms with Crippen LogP contribution in [0.4, 0.5) is 0 Å². The molecule has 1 heterocycles. The van der Waals surface area contributed by atoms with Gasteiger partial charge in [-0.1, -0.05) is 40.9 Å². The second-order valence-electron chi connectivity index (χ2n) is 7.07. The number of nitrogens with zero attached hydrogens (tertiary/aromatic N) is 1. The Balaban J connectivity index is 1.75. The first-order valence-electron chi connectivity index (χ1n) is 9.87. The lowest BCUT2D eigenvalue weighted by molar-refractivity contribution is -0.117. The molecule has 2 aromatic carbocycles. The van der Waals surface area contributed by atoms with Gasteiger partial charge in [-0.2, -0.15) is 5.26 Å². The van der Waals surface area contributed by atoms with E-state index in [1.807, 2.05) is 6.07 Å². The summed E-state index contributed by atoms with van der Waals surface area (Å²) >= 11 is 18.5. The van der Waals surface area contributed by atoms with Crippen LogP contribution < -0.4 is 14.8 Å². The topological polar surface area (TPSA) is 80.6 Å². The molecule has 1 amide bonds. The maximum atomic E-state index is 12.4. The molecule has 2 aromatic rings. The highest BCUT2D eigenvalue weighted by Gasteiger charge is 2.18. The van der Waals surface area contributed by atoms with Gasteiger partial charge in [-0.3, -0.25) is 4.79 Å². The molecular formula is C23H21Cl3N2O4. The van der Waals surface area contributed by atoms with E-state index in [2.05, 4.69) is 5.32 Å². The van der Waals surface area contributed by atoms with Gasteiger partial charge >= 0.3 is 0 Å². The molecule has 1 aliphatic rings. The molecular weight excluding hydrogens is 475 g/mol. The largest absolute Gasteiger partial charge is 0.493 e. The first-order valence-corrected chi connectivity index (χ1v) is 11.0. The second kappa shape index (κ2) is 11.4. The van der Waals surface area contributed by atoms with Crippen LogP contribution in [0.3, 0.4) is 0 Å². The second-order valence-corrected chi connectivity index (χ2v) is 8.32. The number of methoxy groups -OCH3 is 1. The van der Waals surface area contributed by atoms with Gasteiger partial charge in [-0.05, 0) is 48.7 Å². The van der Waals surface area contributed by atoms with Gasteiger partial charge in [0.2, 0.25) is 0 Å². The molecule has 0 unspecified atom stereocenters. The van der Waals surface area contributed by atoms with Crippen LogP contribution in [0.15, 0.2) is 35.9 Å². The standard InChI is InChI=1S/C23H21Cl3N2O4/c1-30-21-9-14(7-16(11-27)23(29)28-12-18-3-2-6-31-18)8-20(26)22(21)32-13-15-4-5-17(24)10-19(15)25/h4-5,7-10,18H,2-3,6,12-13H2,1H3,(H,28,29)/b16-7+/t18-/m0/s1. The Bertz CT molecular complexity index is 1060. The lowest BCUT2D eigenvalue weighted by atomic mass is 10.1. The third-order valence-corrected chi connectivity index (χ3v) is 5.70. The van der Waals surface area contributed by atoms with Crippen LogP contribution >= 0.6 is 34.8 Å². The smallest absolute Gasteiger partial charge is 0.262 e. The quantitative estimate of drug-likeness (QED) is 0.390. The van der Waals surface area contributed by atoms with Gasteiger partial charge in [-0.15, -0.1) is 0 Å². The van der Waals surface area contributed by atoms with E-state index < -0.39 is 5.91 Å². The highest BCUT2D eigenvalue weighted by atomic mass is 35.5. The molecule has 1 aliphatic heterocycles. The van der Waals surface area contributed by atoms with E-state index in [1.54, 1.807) is 30.3 Å². The molecule has 3 rings (SSSR count). The summed E-state index contributed by atoms with van der Waals surface area (Å²) in [5.41, 5.74) is 1.20. The van der Waals surface area contributed by atoms with Crippen molar-refractivity contribution < 1.29 is 19.0 Å². The number of carbonyl (C=O) groups is 1. The summed E-state index contributed by atoms with van der Waals surface area (Å²) in [5, 5.41) is 13.4. The van der Waals surface area contributed by atoms with Crippen molar-refractivity contribution in [2.45, 2.75) is 25.6 Å². The third kappa shape index (κ3) is 6.30. The van der Waals surface area contributed by atoms with Gasteiger partial charge in [0.25, 0.3) is 5.91 Å². The molecule has 0 saturated carbocycles. The van der Waals surface area contributed by atoms with Crippen molar-refractivity contribution in [3.05, 3.63) is 62.1 Å². The maximum absolute atomic E-state index is 12.4. The molecule has 0 bridgehead atoms. The normalized spacial score (nSPS) is 15.8. The highest BCUT2D eigenvalue weighted by molar-refractivity contribution is 6.35. The molecule has 1 fully saturated rings. The van der Waals surface area contributed by atoms with E-state index >= 15 is 0 Å². The van der Waals surface area contributed by atoms with Gasteiger partial charge in [0.1, 0.15) is 18.2 Å². The summed E-state index contributed by atoms with van der Waals surface area (Å²) < 4.78 is 16.7. The number of hydrogen-bond acceptors (Lipinski definition) is 5. The Morgan fingerprint density at radius 2 is 2.09 bits per heavy atom. The van der Waals surface area contributed by atoms with E-state index in [0.717, 1.165) is 18.4 Å². The number of ether oxygens (including phenoxy) is 3. The van der Waals surface area contributed by atoms with Crippen molar-refractivity contribution in [1.29, 1.82) is 5.26 Å². The van der Waals surface area contributed by atoms with E-state index in [1.165, 1.54) is 13.2 Å². The number of nitrogens with one attached hydrogen (secondary N) is 1. The van der Waals surface area contributed by atoms with Crippen molar-refractivity contribution in [2.24, 2.45) is 0 Å². The summed E-state index contributed by atoms with van der Waals surface area (Å²) in [5.74, 6) is 0.195. The van der Waals surface area contributed by atoms with Crippen LogP contribution in [0.1, 0.15) is 24.0 Å². The molecule has 6 nitrogen and oxygen atoms in total. The number of halogens is 3. The first kappa shape index (κ1) is 24.2. The lowest BCUT2D eigenvalue weighted by Gasteiger charge is -2.14. The molecule has 1 atom stereocenters. The minimum Gasteiger partial charge on any atom is -0.493 e. The average molecular weight is 496 g/mol. The molecule has 168 valence electrons. The summed E-state index contributed by atoms with van der Waals surface area (Å²) in [6, 6.07) is 10.2. The van der Waals surface area contributed by atoms with Crippen LogP contribution in [0.2, 0.25) is 15.1 Å². The molecule has 0 aromatic heterocycles. The van der Waals surface area contributed by atoms with E-state index in [4.69, 9.17) is 49.0 Å². The molecule has 32 heavy (non-hydrogen) atoms. The van der Waals surface area contributed by atoms with Crippen LogP contribution in [0, 0.1) is 11.3 Å². The summed E-state index contributed by atoms with van der Waals surface area (Å²) in [6.45, 7) is 1.21. The minimum atomic E-state index is -0.476. The highest BCUT2D eigenvalue weighted by Crippen LogP contribution is 2.38. The zero-order chi connectivity index (χ0) is 23.1. The van der Waals surface area contributed by atoms with E-state index in [-0.39, 0.29) is 23.3 Å². The molecule has 1 saturated heterocycles. The number of benzene rings is 2. The van der Waals surface area contributed by atoms with E-state index in [9.17, 15) is 10.1 Å². The van der Waals surface area contributed by atoms with Crippen molar-refractivity contribution in [1.82, 2.24) is 5.32 Å². The third-order valence-electron chi connectivity index (χ3n) is 4.83. The van der Waals surface area contributed by atoms with Gasteiger partial charge in [0.05, 0.1) is 18.2 Å². The van der Waals surface area contributed by atoms with Crippen molar-refractivity contribution in [2.75, 3.05) is 20.3 Å². The number of nitriles is 1. The predicted molar refractivity (Wildman–Crippen MR) is 124 cm³/mol. The Kier molecular flexibility index (Phi) is 8.66. The summed E-state index contributed by atoms with van der Waals surface area (Å²) in [6.07, 6.45) is 3.29. The van der Waals surface area contributed by atoms with Gasteiger partial charge in [-0.25, -0.2) is 0 Å². The van der Waals surface area contributed by atoms with Crippen LogP contribution in [0.5, 0.6) is 11.5 Å². The molecule has 1 N–H and O–H groups in total. The monoisotopic (exact) mass is 494 g/mol. The molecule has 9 heteroatoms. The fraction of sp³-hybridized carbons (Fsp3) is 0.304. The fourth-order valence-corrected chi connectivity index (χ4v) is 3.91. The van der Waals surface area contributed by atoms with Crippen molar-refractivity contribution in [3.63, 3.8) is 0 Å². The minimum absolute atomic E-state index is 0.0148. The number of rotatable bonds is 8. The average Bonchev–Trinajstić information content (AvgIpc) is 3.29. The van der Waals surface area contributed by atoms with Crippen LogP contribution in [0.25, 0.3) is 6.08 Å². The van der Waals surface area contributed by atoms with Gasteiger partial charge < -0.3 is 19.5 Å². The van der Waals surface area contributed by atoms with Crippen molar-refractivity contribution in [3.8, 4) is 17.6 Å². The predicted octanol–water partition coefficient (Wildman–Crippen LogP) is 5.44. The fourth-order valence-electron chi connectivity index (χ4n) is 3.17. The zero-order valence-corrected chi connectivity index (χ0v) is 19.6. The van der Waals surface area contributed by atoms with Crippen molar-refractivity contribution >= 4 is 46.8 Å². The Hall–Kier alpha value is -2.43. The number of hydrogen-bond donors (Lipinski definition) is 1. The lowest BCUT2D eigenvalue weighted by Crippen LogP contribution is -2.32. The Labute approximate surface area is 201 Å². The van der Waals surface area contributed by atoms with Crippen LogP contribution in [-0.2, 0) is 16.1 Å². The van der Waals surface area contributed by atoms with E-state index in [0.29, 0.717) is 40.3 Å². The molecule has 0 radical (unpaired) electrons. The number of carbonyl (C=O) groups excluding carboxylic acids is 1. The first-order chi connectivity index (χ1) is 15.4. The maximum Gasteiger partial charge on any atom is 0.262 e. The SMILES string of the molecule is COc1cc(/C=C(\C#N)C(=O)NC[C@@H]2CCCO2)cc(Cl)c1OCc1ccc(Cl)cc1Cl. The Morgan fingerprint density at radius 3 is 2.75 bits per heavy atom. The summed E-state index contributed by atoms with van der Waals surface area (Å²) in [7, 11) is 1.47. The number of amides is 1. The molecule has 0 spiro atoms.